The molecule has 1 unspecified atom stereocenters. The summed E-state index contributed by atoms with van der Waals surface area (Å²) in [6.45, 7) is 8.89. The number of benzene rings is 3. The Morgan fingerprint density at radius 2 is 1.98 bits per heavy atom. The second-order valence-electron chi connectivity index (χ2n) is 13.6. The van der Waals surface area contributed by atoms with Gasteiger partial charge in [0.2, 0.25) is 0 Å². The summed E-state index contributed by atoms with van der Waals surface area (Å²) < 4.78 is 81.5. The molecule has 2 fully saturated rings. The van der Waals surface area contributed by atoms with Crippen LogP contribution in [0.1, 0.15) is 50.2 Å². The highest BCUT2D eigenvalue weighted by Crippen LogP contribution is 2.49. The highest BCUT2D eigenvalue weighted by Gasteiger charge is 2.48. The average molecular weight is 723 g/mol. The largest absolute Gasteiger partial charge is 0.461 e. The summed E-state index contributed by atoms with van der Waals surface area (Å²) >= 11 is 7.21. The van der Waals surface area contributed by atoms with Gasteiger partial charge < -0.3 is 21.1 Å². The number of allylic oxidation sites excluding steroid dienone is 1. The van der Waals surface area contributed by atoms with Crippen LogP contribution < -0.4 is 21.1 Å². The maximum absolute atomic E-state index is 17.4. The third-order valence-corrected chi connectivity index (χ3v) is 10.9. The number of fused-ring (bicyclic) bond motifs is 2. The number of nitrogen functional groups attached to an aromatic ring is 1. The SMILES string of the molecule is C#Cc1c(F)ccc2c(F)c(N)cc(-c3c(Cl)c4c5c(nc(OCC67CCCN6CC(=C(F)F)C7)nc5c3F)NCCNC[C@H](CC)CC4=C)c12. The van der Waals surface area contributed by atoms with Gasteiger partial charge in [-0.25, -0.2) is 13.2 Å². The number of hydrogen-bond acceptors (Lipinski definition) is 7. The van der Waals surface area contributed by atoms with Crippen molar-refractivity contribution in [1.29, 1.82) is 0 Å². The second-order valence-corrected chi connectivity index (χ2v) is 13.9. The lowest BCUT2D eigenvalue weighted by Crippen LogP contribution is -2.43. The van der Waals surface area contributed by atoms with Gasteiger partial charge in [-0.1, -0.05) is 37.4 Å². The van der Waals surface area contributed by atoms with Crippen molar-refractivity contribution in [3.63, 3.8) is 0 Å². The van der Waals surface area contributed by atoms with Crippen LogP contribution in [0.15, 0.2) is 36.4 Å². The molecule has 0 aliphatic carbocycles. The first-order valence-electron chi connectivity index (χ1n) is 16.9. The number of nitrogens with two attached hydrogens (primary N) is 1. The maximum atomic E-state index is 17.4. The van der Waals surface area contributed by atoms with Gasteiger partial charge >= 0.3 is 6.01 Å². The lowest BCUT2D eigenvalue weighted by molar-refractivity contribution is 0.108. The van der Waals surface area contributed by atoms with Crippen LogP contribution in [-0.2, 0) is 0 Å². The molecule has 3 aromatic carbocycles. The van der Waals surface area contributed by atoms with E-state index in [1.165, 1.54) is 12.1 Å². The Labute approximate surface area is 297 Å². The third-order valence-electron chi connectivity index (χ3n) is 10.5. The zero-order valence-electron chi connectivity index (χ0n) is 28.0. The molecular formula is C38H36ClF5N6O. The molecule has 0 saturated carbocycles. The summed E-state index contributed by atoms with van der Waals surface area (Å²) in [6.07, 6.45) is 6.93. The molecule has 0 spiro atoms. The summed E-state index contributed by atoms with van der Waals surface area (Å²) in [6, 6.07) is 3.23. The van der Waals surface area contributed by atoms with Crippen LogP contribution in [0.4, 0.5) is 33.5 Å². The van der Waals surface area contributed by atoms with Gasteiger partial charge in [-0.05, 0) is 74.0 Å². The van der Waals surface area contributed by atoms with Crippen molar-refractivity contribution in [2.45, 2.75) is 44.6 Å². The normalized spacial score (nSPS) is 21.0. The number of hydrogen-bond donors (Lipinski definition) is 3. The molecule has 7 nitrogen and oxygen atoms in total. The Balaban J connectivity index is 1.48. The first-order chi connectivity index (χ1) is 24.5. The van der Waals surface area contributed by atoms with Gasteiger partial charge in [-0.15, -0.1) is 6.42 Å². The first-order valence-corrected chi connectivity index (χ1v) is 17.3. The van der Waals surface area contributed by atoms with Crippen molar-refractivity contribution in [3.05, 3.63) is 70.0 Å². The number of nitrogens with one attached hydrogen (secondary N) is 2. The van der Waals surface area contributed by atoms with Crippen molar-refractivity contribution in [2.75, 3.05) is 50.4 Å². The van der Waals surface area contributed by atoms with Crippen LogP contribution in [0.3, 0.4) is 0 Å². The molecule has 0 bridgehead atoms. The molecule has 3 aliphatic heterocycles. The third kappa shape index (κ3) is 5.95. The van der Waals surface area contributed by atoms with E-state index in [1.54, 1.807) is 0 Å². The Morgan fingerprint density at radius 3 is 2.73 bits per heavy atom. The van der Waals surface area contributed by atoms with E-state index in [0.29, 0.717) is 50.2 Å². The van der Waals surface area contributed by atoms with E-state index in [0.717, 1.165) is 18.9 Å². The van der Waals surface area contributed by atoms with Crippen molar-refractivity contribution >= 4 is 50.4 Å². The first kappa shape index (κ1) is 35.0. The lowest BCUT2D eigenvalue weighted by atomic mass is 9.87. The molecule has 1 aromatic heterocycles. The minimum absolute atomic E-state index is 0.0000329. The molecule has 13 heteroatoms. The zero-order chi connectivity index (χ0) is 36.2. The number of rotatable bonds is 5. The minimum Gasteiger partial charge on any atom is -0.461 e. The van der Waals surface area contributed by atoms with E-state index in [2.05, 4.69) is 40.0 Å². The quantitative estimate of drug-likeness (QED) is 0.109. The maximum Gasteiger partial charge on any atom is 0.319 e. The molecule has 7 rings (SSSR count). The van der Waals surface area contributed by atoms with Crippen molar-refractivity contribution < 1.29 is 26.7 Å². The van der Waals surface area contributed by atoms with Crippen molar-refractivity contribution in [1.82, 2.24) is 20.2 Å². The Kier molecular flexibility index (Phi) is 9.33. The number of terminal acetylenes is 1. The number of nitrogens with zero attached hydrogens (tertiary/aromatic N) is 3. The van der Waals surface area contributed by atoms with E-state index in [4.69, 9.17) is 28.5 Å². The molecule has 0 amide bonds. The van der Waals surface area contributed by atoms with Crippen LogP contribution in [-0.4, -0.2) is 59.7 Å². The molecular weight excluding hydrogens is 687 g/mol. The molecule has 51 heavy (non-hydrogen) atoms. The molecule has 3 aliphatic rings. The highest BCUT2D eigenvalue weighted by atomic mass is 35.5. The number of halogens is 6. The summed E-state index contributed by atoms with van der Waals surface area (Å²) in [4.78, 5) is 11.2. The smallest absolute Gasteiger partial charge is 0.319 e. The second kappa shape index (κ2) is 13.6. The number of anilines is 2. The average Bonchev–Trinajstić information content (AvgIpc) is 3.66. The predicted molar refractivity (Wildman–Crippen MR) is 191 cm³/mol. The van der Waals surface area contributed by atoms with E-state index >= 15 is 13.2 Å². The van der Waals surface area contributed by atoms with Gasteiger partial charge in [0.25, 0.3) is 6.08 Å². The predicted octanol–water partition coefficient (Wildman–Crippen LogP) is 8.30. The van der Waals surface area contributed by atoms with Crippen LogP contribution in [0.2, 0.25) is 5.02 Å². The molecule has 4 N–H and O–H groups in total. The van der Waals surface area contributed by atoms with E-state index in [1.807, 2.05) is 4.90 Å². The Hall–Kier alpha value is -4.44. The van der Waals surface area contributed by atoms with Crippen LogP contribution in [0, 0.1) is 35.7 Å². The zero-order valence-corrected chi connectivity index (χ0v) is 28.7. The topological polar surface area (TPSA) is 88.3 Å². The van der Waals surface area contributed by atoms with E-state index in [9.17, 15) is 8.78 Å². The van der Waals surface area contributed by atoms with Crippen molar-refractivity contribution in [2.24, 2.45) is 5.92 Å². The van der Waals surface area contributed by atoms with Crippen LogP contribution >= 0.6 is 11.6 Å². The van der Waals surface area contributed by atoms with Crippen LogP contribution in [0.25, 0.3) is 38.4 Å². The van der Waals surface area contributed by atoms with Gasteiger partial charge in [0, 0.05) is 47.1 Å². The fraction of sp³-hybridized carbons (Fsp3) is 0.368. The fourth-order valence-electron chi connectivity index (χ4n) is 7.92. The molecule has 2 atom stereocenters. The summed E-state index contributed by atoms with van der Waals surface area (Å²) in [7, 11) is 0. The van der Waals surface area contributed by atoms with Gasteiger partial charge in [0.1, 0.15) is 23.8 Å². The Bertz CT molecular complexity index is 2180. The van der Waals surface area contributed by atoms with Crippen molar-refractivity contribution in [3.8, 4) is 29.5 Å². The highest BCUT2D eigenvalue weighted by molar-refractivity contribution is 6.37. The number of aromatic nitrogens is 2. The minimum atomic E-state index is -1.69. The van der Waals surface area contributed by atoms with Crippen LogP contribution in [0.5, 0.6) is 6.01 Å². The van der Waals surface area contributed by atoms with E-state index < -0.39 is 29.1 Å². The van der Waals surface area contributed by atoms with Gasteiger partial charge in [-0.2, -0.15) is 18.7 Å². The molecule has 0 radical (unpaired) electrons. The standard InChI is InChI=1S/C38H36ClF5N6O/c1-4-20-13-19(3)27-30-34(33(42)29(31(27)39)24-14-26(45)32(41)23-7-8-25(40)22(5-2)28(23)24)48-37(49-36(30)47-11-10-46-16-20)51-18-38-9-6-12-50(38)17-21(15-38)35(43)44/h2,7-8,14,20,46H,3-4,6,9-13,15-18,45H2,1H3,(H,47,48,49)/t20-,38?/m1/s1. The summed E-state index contributed by atoms with van der Waals surface area (Å²) in [5.41, 5.74) is 5.40. The fourth-order valence-corrected chi connectivity index (χ4v) is 8.34. The molecule has 2 saturated heterocycles. The molecule has 4 aromatic rings. The molecule has 4 heterocycles. The van der Waals surface area contributed by atoms with Gasteiger partial charge in [0.15, 0.2) is 11.6 Å². The summed E-state index contributed by atoms with van der Waals surface area (Å²) in [5, 5.41) is 6.69. The van der Waals surface area contributed by atoms with E-state index in [-0.39, 0.29) is 92.0 Å². The lowest BCUT2D eigenvalue weighted by Gasteiger charge is -2.30. The van der Waals surface area contributed by atoms with Gasteiger partial charge in [-0.3, -0.25) is 4.90 Å². The number of ether oxygens (including phenoxy) is 1. The van der Waals surface area contributed by atoms with Gasteiger partial charge in [0.05, 0.1) is 27.2 Å². The molecule has 266 valence electrons. The summed E-state index contributed by atoms with van der Waals surface area (Å²) in [5.74, 6) is 0.0925. The monoisotopic (exact) mass is 722 g/mol. The Morgan fingerprint density at radius 1 is 1.18 bits per heavy atom.